The van der Waals surface area contributed by atoms with E-state index in [0.29, 0.717) is 5.56 Å². The summed E-state index contributed by atoms with van der Waals surface area (Å²) >= 11 is 0. The quantitative estimate of drug-likeness (QED) is 0.502. The van der Waals surface area contributed by atoms with Crippen molar-refractivity contribution in [2.24, 2.45) is 5.73 Å². The first-order chi connectivity index (χ1) is 9.99. The largest absolute Gasteiger partial charge is 0.467 e. The first kappa shape index (κ1) is 16.4. The molecule has 3 amide bonds. The molecule has 0 radical (unpaired) electrons. The summed E-state index contributed by atoms with van der Waals surface area (Å²) in [7, 11) is 1.13. The van der Waals surface area contributed by atoms with Crippen molar-refractivity contribution in [2.45, 2.75) is 12.1 Å². The van der Waals surface area contributed by atoms with Gasteiger partial charge >= 0.3 is 12.0 Å². The second kappa shape index (κ2) is 7.85. The summed E-state index contributed by atoms with van der Waals surface area (Å²) in [6, 6.07) is 5.15. The van der Waals surface area contributed by atoms with Gasteiger partial charge in [0.1, 0.15) is 6.04 Å². The summed E-state index contributed by atoms with van der Waals surface area (Å²) in [6.45, 7) is -0.628. The van der Waals surface area contributed by atoms with Gasteiger partial charge in [-0.05, 0) is 5.56 Å². The van der Waals surface area contributed by atoms with Crippen LogP contribution < -0.4 is 16.4 Å². The fraction of sp³-hybridized carbons (Fsp3) is 0.308. The number of carbonyl (C=O) groups is 3. The smallest absolute Gasteiger partial charge is 0.330 e. The van der Waals surface area contributed by atoms with Crippen molar-refractivity contribution < 1.29 is 24.2 Å². The molecule has 0 heterocycles. The molecule has 5 N–H and O–H groups in total. The Kier molecular flexibility index (Phi) is 6.15. The Labute approximate surface area is 121 Å². The van der Waals surface area contributed by atoms with Gasteiger partial charge in [-0.15, -0.1) is 0 Å². The minimum Gasteiger partial charge on any atom is -0.467 e. The Hall–Kier alpha value is -2.61. The molecule has 0 aliphatic heterocycles. The Balaban J connectivity index is 2.90. The summed E-state index contributed by atoms with van der Waals surface area (Å²) in [5, 5.41) is 13.6. The SMILES string of the molecule is COC(=O)C(CO)NC(=O)C(NC(N)=O)c1ccccc1. The number of hydrogen-bond acceptors (Lipinski definition) is 5. The molecular formula is C13H17N3O5. The van der Waals surface area contributed by atoms with Gasteiger partial charge in [-0.1, -0.05) is 30.3 Å². The van der Waals surface area contributed by atoms with Crippen LogP contribution in [0.5, 0.6) is 0 Å². The number of nitrogens with one attached hydrogen (secondary N) is 2. The predicted octanol–water partition coefficient (Wildman–Crippen LogP) is -0.954. The van der Waals surface area contributed by atoms with Crippen LogP contribution in [-0.2, 0) is 14.3 Å². The first-order valence-corrected chi connectivity index (χ1v) is 6.09. The summed E-state index contributed by atoms with van der Waals surface area (Å²) in [4.78, 5) is 34.5. The van der Waals surface area contributed by atoms with Crippen LogP contribution in [0.4, 0.5) is 4.79 Å². The number of hydrogen-bond donors (Lipinski definition) is 4. The van der Waals surface area contributed by atoms with E-state index in [-0.39, 0.29) is 0 Å². The van der Waals surface area contributed by atoms with Crippen LogP contribution >= 0.6 is 0 Å². The van der Waals surface area contributed by atoms with Gasteiger partial charge in [0.05, 0.1) is 13.7 Å². The molecule has 0 saturated heterocycles. The van der Waals surface area contributed by atoms with Crippen molar-refractivity contribution in [2.75, 3.05) is 13.7 Å². The molecule has 0 aromatic heterocycles. The van der Waals surface area contributed by atoms with Crippen molar-refractivity contribution in [3.63, 3.8) is 0 Å². The highest BCUT2D eigenvalue weighted by molar-refractivity contribution is 5.91. The fourth-order valence-electron chi connectivity index (χ4n) is 1.66. The molecule has 0 saturated carbocycles. The van der Waals surface area contributed by atoms with E-state index in [2.05, 4.69) is 15.4 Å². The van der Waals surface area contributed by atoms with Crippen molar-refractivity contribution in [1.82, 2.24) is 10.6 Å². The van der Waals surface area contributed by atoms with Crippen molar-refractivity contribution >= 4 is 17.9 Å². The number of aliphatic hydroxyl groups is 1. The van der Waals surface area contributed by atoms with Gasteiger partial charge in [-0.25, -0.2) is 9.59 Å². The van der Waals surface area contributed by atoms with E-state index in [0.717, 1.165) is 7.11 Å². The minimum absolute atomic E-state index is 0.482. The molecule has 8 heteroatoms. The van der Waals surface area contributed by atoms with E-state index < -0.39 is 36.6 Å². The Morgan fingerprint density at radius 1 is 1.24 bits per heavy atom. The normalized spacial score (nSPS) is 12.9. The number of ether oxygens (including phenoxy) is 1. The van der Waals surface area contributed by atoms with Gasteiger partial charge in [0.15, 0.2) is 6.04 Å². The molecular weight excluding hydrogens is 278 g/mol. The molecule has 2 unspecified atom stereocenters. The molecule has 2 atom stereocenters. The molecule has 1 aromatic rings. The van der Waals surface area contributed by atoms with Gasteiger partial charge in [-0.2, -0.15) is 0 Å². The zero-order valence-corrected chi connectivity index (χ0v) is 11.4. The maximum atomic E-state index is 12.2. The third-order valence-corrected chi connectivity index (χ3v) is 2.67. The highest BCUT2D eigenvalue weighted by atomic mass is 16.5. The van der Waals surface area contributed by atoms with E-state index in [1.165, 1.54) is 0 Å². The highest BCUT2D eigenvalue weighted by Crippen LogP contribution is 2.12. The van der Waals surface area contributed by atoms with Crippen LogP contribution in [-0.4, -0.2) is 42.8 Å². The van der Waals surface area contributed by atoms with Crippen LogP contribution in [0.3, 0.4) is 0 Å². The molecule has 1 rings (SSSR count). The summed E-state index contributed by atoms with van der Waals surface area (Å²) in [6.07, 6.45) is 0. The van der Waals surface area contributed by atoms with Gasteiger partial charge in [0.2, 0.25) is 5.91 Å². The number of carbonyl (C=O) groups excluding carboxylic acids is 3. The summed E-state index contributed by atoms with van der Waals surface area (Å²) in [5.41, 5.74) is 5.53. The number of esters is 1. The number of urea groups is 1. The van der Waals surface area contributed by atoms with Crippen LogP contribution in [0.2, 0.25) is 0 Å². The number of nitrogens with two attached hydrogens (primary N) is 1. The van der Waals surface area contributed by atoms with Gasteiger partial charge in [-0.3, -0.25) is 4.79 Å². The molecule has 0 bridgehead atoms. The molecule has 21 heavy (non-hydrogen) atoms. The monoisotopic (exact) mass is 295 g/mol. The average molecular weight is 295 g/mol. The van der Waals surface area contributed by atoms with Crippen molar-refractivity contribution in [3.05, 3.63) is 35.9 Å². The Bertz CT molecular complexity index is 506. The van der Waals surface area contributed by atoms with E-state index >= 15 is 0 Å². The second-order valence-electron chi connectivity index (χ2n) is 4.12. The zero-order chi connectivity index (χ0) is 15.8. The number of methoxy groups -OCH3 is 1. The average Bonchev–Trinajstić information content (AvgIpc) is 2.49. The summed E-state index contributed by atoms with van der Waals surface area (Å²) in [5.74, 6) is -1.49. The molecule has 0 aliphatic carbocycles. The lowest BCUT2D eigenvalue weighted by Crippen LogP contribution is -2.49. The molecule has 0 spiro atoms. The highest BCUT2D eigenvalue weighted by Gasteiger charge is 2.27. The van der Waals surface area contributed by atoms with Gasteiger partial charge < -0.3 is 26.2 Å². The lowest BCUT2D eigenvalue weighted by molar-refractivity contribution is -0.146. The van der Waals surface area contributed by atoms with Crippen molar-refractivity contribution in [3.8, 4) is 0 Å². The lowest BCUT2D eigenvalue weighted by Gasteiger charge is -2.20. The van der Waals surface area contributed by atoms with Crippen LogP contribution in [0, 0.1) is 0 Å². The number of benzene rings is 1. The maximum Gasteiger partial charge on any atom is 0.330 e. The van der Waals surface area contributed by atoms with Gasteiger partial charge in [0.25, 0.3) is 0 Å². The number of aliphatic hydroxyl groups excluding tert-OH is 1. The maximum absolute atomic E-state index is 12.2. The number of amides is 3. The van der Waals surface area contributed by atoms with E-state index in [9.17, 15) is 14.4 Å². The molecule has 1 aromatic carbocycles. The third kappa shape index (κ3) is 4.77. The summed E-state index contributed by atoms with van der Waals surface area (Å²) < 4.78 is 4.44. The zero-order valence-electron chi connectivity index (χ0n) is 11.4. The minimum atomic E-state index is -1.22. The van der Waals surface area contributed by atoms with Crippen LogP contribution in [0.1, 0.15) is 11.6 Å². The number of primary amides is 1. The standard InChI is InChI=1S/C13H17N3O5/c1-21-12(19)9(7-17)15-11(18)10(16-13(14)20)8-5-3-2-4-6-8/h2-6,9-10,17H,7H2,1H3,(H,15,18)(H3,14,16,20). The van der Waals surface area contributed by atoms with Crippen molar-refractivity contribution in [1.29, 1.82) is 0 Å². The Morgan fingerprint density at radius 2 is 1.86 bits per heavy atom. The molecule has 8 nitrogen and oxygen atoms in total. The third-order valence-electron chi connectivity index (χ3n) is 2.67. The Morgan fingerprint density at radius 3 is 2.33 bits per heavy atom. The van der Waals surface area contributed by atoms with E-state index in [4.69, 9.17) is 10.8 Å². The van der Waals surface area contributed by atoms with E-state index in [1.807, 2.05) is 0 Å². The lowest BCUT2D eigenvalue weighted by atomic mass is 10.1. The van der Waals surface area contributed by atoms with Gasteiger partial charge in [0, 0.05) is 0 Å². The van der Waals surface area contributed by atoms with E-state index in [1.54, 1.807) is 30.3 Å². The second-order valence-corrected chi connectivity index (χ2v) is 4.12. The molecule has 114 valence electrons. The predicted molar refractivity (Wildman–Crippen MR) is 72.9 cm³/mol. The molecule has 0 aliphatic rings. The molecule has 0 fully saturated rings. The number of rotatable bonds is 6. The van der Waals surface area contributed by atoms with Crippen LogP contribution in [0.25, 0.3) is 0 Å². The topological polar surface area (TPSA) is 131 Å². The fourth-order valence-corrected chi connectivity index (χ4v) is 1.66. The van der Waals surface area contributed by atoms with Crippen LogP contribution in [0.15, 0.2) is 30.3 Å². The first-order valence-electron chi connectivity index (χ1n) is 6.09.